The number of benzene rings is 2. The van der Waals surface area contributed by atoms with Gasteiger partial charge in [0.1, 0.15) is 0 Å². The van der Waals surface area contributed by atoms with Crippen LogP contribution in [0.15, 0.2) is 89.7 Å². The molecular formula is C38H41IrN3OSi-2. The number of hydrogen-bond donors (Lipinski definition) is 0. The summed E-state index contributed by atoms with van der Waals surface area (Å²) in [6.07, 6.45) is 7.00. The first-order valence-electron chi connectivity index (χ1n) is 16.0. The topological polar surface area (TPSA) is 51.8 Å². The maximum absolute atomic E-state index is 8.70. The molecule has 0 aliphatic carbocycles. The number of pyridine rings is 3. The predicted molar refractivity (Wildman–Crippen MR) is 182 cm³/mol. The van der Waals surface area contributed by atoms with Crippen LogP contribution >= 0.6 is 0 Å². The van der Waals surface area contributed by atoms with Crippen molar-refractivity contribution in [2.45, 2.75) is 72.0 Å². The standard InChI is InChI=1S/C21H19N2O.C17H22NSi.Ir/c1-3-14(4-2)15-10-12-22-19(13-15)18-8-5-7-16-17-9-6-11-23-21(17)24-20(16)18;1-13(2)15-11-16(14-9-7-6-8-10-14)18-12-17(15)19(3,4)5;/h5-7,9-14H,3-4H2,1-2H3;6-9,11-13H,1-5H3;/q2*-1;/i14D;13D;. The largest absolute Gasteiger partial charge is 0.486 e. The van der Waals surface area contributed by atoms with Crippen molar-refractivity contribution in [3.63, 3.8) is 0 Å². The van der Waals surface area contributed by atoms with Crippen molar-refractivity contribution in [2.75, 3.05) is 0 Å². The van der Waals surface area contributed by atoms with Gasteiger partial charge in [0.2, 0.25) is 5.71 Å². The minimum absolute atomic E-state index is 0. The second kappa shape index (κ2) is 14.6. The molecule has 0 amide bonds. The fraction of sp³-hybridized carbons (Fsp3) is 0.289. The average molecular weight is 778 g/mol. The molecule has 2 aromatic carbocycles. The van der Waals surface area contributed by atoms with Gasteiger partial charge in [-0.3, -0.25) is 0 Å². The number of nitrogens with zero attached hydrogens (tertiary/aromatic N) is 3. The Morgan fingerprint density at radius 3 is 2.32 bits per heavy atom. The molecule has 44 heavy (non-hydrogen) atoms. The molecule has 0 aliphatic heterocycles. The zero-order valence-corrected chi connectivity index (χ0v) is 30.0. The summed E-state index contributed by atoms with van der Waals surface area (Å²) in [5, 5.41) is 3.27. The Kier molecular flexibility index (Phi) is 10.1. The third-order valence-corrected chi connectivity index (χ3v) is 9.74. The minimum Gasteiger partial charge on any atom is -0.486 e. The molecule has 4 aromatic heterocycles. The van der Waals surface area contributed by atoms with Crippen LogP contribution in [0.3, 0.4) is 0 Å². The fourth-order valence-corrected chi connectivity index (χ4v) is 6.96. The van der Waals surface area contributed by atoms with E-state index < -0.39 is 19.9 Å². The Morgan fingerprint density at radius 1 is 0.841 bits per heavy atom. The second-order valence-electron chi connectivity index (χ2n) is 11.9. The van der Waals surface area contributed by atoms with Crippen molar-refractivity contribution >= 4 is 35.3 Å². The Balaban J connectivity index is 0.000000210. The first-order chi connectivity index (χ1) is 21.4. The summed E-state index contributed by atoms with van der Waals surface area (Å²) in [4.78, 5) is 13.4. The van der Waals surface area contributed by atoms with Crippen molar-refractivity contribution in [2.24, 2.45) is 0 Å². The first kappa shape index (κ1) is 30.6. The Labute approximate surface area is 279 Å². The van der Waals surface area contributed by atoms with Gasteiger partial charge >= 0.3 is 0 Å². The molecule has 0 atom stereocenters. The van der Waals surface area contributed by atoms with Crippen LogP contribution in [0.4, 0.5) is 0 Å². The molecule has 6 rings (SSSR count). The average Bonchev–Trinajstić information content (AvgIpc) is 3.43. The van der Waals surface area contributed by atoms with Crippen molar-refractivity contribution in [3.05, 3.63) is 109 Å². The molecule has 4 heterocycles. The molecule has 0 fully saturated rings. The second-order valence-corrected chi connectivity index (χ2v) is 17.0. The Morgan fingerprint density at radius 2 is 1.64 bits per heavy atom. The van der Waals surface area contributed by atoms with E-state index in [0.717, 1.165) is 62.8 Å². The van der Waals surface area contributed by atoms with E-state index >= 15 is 0 Å². The van der Waals surface area contributed by atoms with Gasteiger partial charge in [-0.15, -0.1) is 54.1 Å². The van der Waals surface area contributed by atoms with E-state index in [0.29, 0.717) is 5.71 Å². The molecule has 0 spiro atoms. The van der Waals surface area contributed by atoms with Crippen LogP contribution in [0, 0.1) is 12.1 Å². The first-order valence-corrected chi connectivity index (χ1v) is 18.5. The van der Waals surface area contributed by atoms with Crippen molar-refractivity contribution in [1.29, 1.82) is 0 Å². The smallest absolute Gasteiger partial charge is 0.216 e. The van der Waals surface area contributed by atoms with Gasteiger partial charge in [0.15, 0.2) is 0 Å². The Hall–Kier alpha value is -3.44. The third kappa shape index (κ3) is 7.26. The van der Waals surface area contributed by atoms with Crippen LogP contribution in [0.5, 0.6) is 0 Å². The molecule has 6 aromatic rings. The summed E-state index contributed by atoms with van der Waals surface area (Å²) < 4.78 is 23.1. The third-order valence-electron chi connectivity index (χ3n) is 7.72. The van der Waals surface area contributed by atoms with Gasteiger partial charge in [-0.05, 0) is 59.4 Å². The van der Waals surface area contributed by atoms with Crippen LogP contribution in [0.25, 0.3) is 44.6 Å². The van der Waals surface area contributed by atoms with E-state index in [2.05, 4.69) is 52.8 Å². The van der Waals surface area contributed by atoms with Gasteiger partial charge < -0.3 is 14.4 Å². The summed E-state index contributed by atoms with van der Waals surface area (Å²) >= 11 is 0. The summed E-state index contributed by atoms with van der Waals surface area (Å²) in [5.41, 5.74) is 6.91. The molecule has 0 bridgehead atoms. The van der Waals surface area contributed by atoms with E-state index in [-0.39, 0.29) is 20.1 Å². The number of furan rings is 1. The van der Waals surface area contributed by atoms with Crippen LogP contribution in [0.2, 0.25) is 19.6 Å². The summed E-state index contributed by atoms with van der Waals surface area (Å²) in [7, 11) is -1.50. The quantitative estimate of drug-likeness (QED) is 0.120. The van der Waals surface area contributed by atoms with Crippen LogP contribution in [0.1, 0.15) is 66.2 Å². The molecule has 0 saturated heterocycles. The molecular weight excluding hydrogens is 735 g/mol. The van der Waals surface area contributed by atoms with E-state index in [1.54, 1.807) is 12.4 Å². The normalized spacial score (nSPS) is 12.6. The molecule has 0 N–H and O–H groups in total. The van der Waals surface area contributed by atoms with Gasteiger partial charge in [-0.25, -0.2) is 4.98 Å². The molecule has 0 saturated carbocycles. The number of rotatable bonds is 7. The fourth-order valence-electron chi connectivity index (χ4n) is 5.38. The SMILES string of the molecule is [2H]C(C)(C)c1cc(-c2[c-]cccc2)ncc1[Si](C)(C)C.[2H]C(CC)(CC)c1ccnc(-c2[c-]ccc3c2oc2ncccc23)c1.[Ir]. The summed E-state index contributed by atoms with van der Waals surface area (Å²) in [6, 6.07) is 28.1. The van der Waals surface area contributed by atoms with E-state index in [1.165, 1.54) is 5.19 Å². The van der Waals surface area contributed by atoms with Crippen molar-refractivity contribution < 1.29 is 27.3 Å². The van der Waals surface area contributed by atoms with Crippen LogP contribution in [-0.2, 0) is 20.1 Å². The molecule has 4 nitrogen and oxygen atoms in total. The van der Waals surface area contributed by atoms with Gasteiger partial charge in [-0.1, -0.05) is 81.5 Å². The number of aromatic nitrogens is 3. The maximum Gasteiger partial charge on any atom is 0.216 e. The van der Waals surface area contributed by atoms with Gasteiger partial charge in [0, 0.05) is 46.8 Å². The van der Waals surface area contributed by atoms with Gasteiger partial charge in [-0.2, -0.15) is 0 Å². The summed E-state index contributed by atoms with van der Waals surface area (Å²) in [5.74, 6) is -1.21. The maximum atomic E-state index is 8.70. The molecule has 229 valence electrons. The zero-order valence-electron chi connectivity index (χ0n) is 28.6. The van der Waals surface area contributed by atoms with E-state index in [4.69, 9.17) is 7.16 Å². The van der Waals surface area contributed by atoms with Crippen LogP contribution in [-0.4, -0.2) is 23.0 Å². The Bertz CT molecular complexity index is 1930. The zero-order chi connectivity index (χ0) is 32.4. The van der Waals surface area contributed by atoms with Crippen molar-refractivity contribution in [3.8, 4) is 22.5 Å². The molecule has 0 aliphatic rings. The summed E-state index contributed by atoms with van der Waals surface area (Å²) in [6.45, 7) is 14.9. The molecule has 0 unspecified atom stereocenters. The van der Waals surface area contributed by atoms with Crippen LogP contribution < -0.4 is 5.19 Å². The molecule has 6 heteroatoms. The monoisotopic (exact) mass is 778 g/mol. The van der Waals surface area contributed by atoms with Gasteiger partial charge in [0.25, 0.3) is 0 Å². The number of fused-ring (bicyclic) bond motifs is 3. The van der Waals surface area contributed by atoms with E-state index in [9.17, 15) is 0 Å². The molecule has 1 radical (unpaired) electrons. The minimum atomic E-state index is -1.50. The predicted octanol–water partition coefficient (Wildman–Crippen LogP) is 9.96. The van der Waals surface area contributed by atoms with Crippen molar-refractivity contribution in [1.82, 2.24) is 15.0 Å². The van der Waals surface area contributed by atoms with E-state index in [1.807, 2.05) is 94.6 Å². The van der Waals surface area contributed by atoms with Gasteiger partial charge in [0.05, 0.1) is 13.7 Å². The number of hydrogen-bond acceptors (Lipinski definition) is 4.